The SMILES string of the molecule is CCN(CC)S(=O)(=O)c1ccc(Cl)c(C(=O)Nc2ccn(C)n2)c1. The first-order chi connectivity index (χ1) is 11.3. The molecule has 2 rings (SSSR count). The number of hydrogen-bond donors (Lipinski definition) is 1. The van der Waals surface area contributed by atoms with Crippen LogP contribution in [-0.4, -0.2) is 41.5 Å². The summed E-state index contributed by atoms with van der Waals surface area (Å²) in [4.78, 5) is 12.4. The maximum atomic E-state index is 12.6. The van der Waals surface area contributed by atoms with Crippen LogP contribution in [0.4, 0.5) is 5.82 Å². The lowest BCUT2D eigenvalue weighted by atomic mass is 10.2. The monoisotopic (exact) mass is 370 g/mol. The number of amides is 1. The molecule has 1 aromatic carbocycles. The molecule has 0 aliphatic rings. The number of benzene rings is 1. The smallest absolute Gasteiger partial charge is 0.258 e. The predicted molar refractivity (Wildman–Crippen MR) is 92.7 cm³/mol. The summed E-state index contributed by atoms with van der Waals surface area (Å²) in [6.45, 7) is 4.20. The summed E-state index contributed by atoms with van der Waals surface area (Å²) in [7, 11) is -1.95. The van der Waals surface area contributed by atoms with Gasteiger partial charge in [0.2, 0.25) is 10.0 Å². The molecular weight excluding hydrogens is 352 g/mol. The Morgan fingerprint density at radius 1 is 1.29 bits per heavy atom. The number of rotatable bonds is 6. The minimum absolute atomic E-state index is 0.0294. The van der Waals surface area contributed by atoms with E-state index in [1.54, 1.807) is 37.8 Å². The second-order valence-electron chi connectivity index (χ2n) is 5.06. The molecule has 24 heavy (non-hydrogen) atoms. The number of anilines is 1. The fraction of sp³-hybridized carbons (Fsp3) is 0.333. The molecular formula is C15H19ClN4O3S. The molecule has 0 aliphatic heterocycles. The molecule has 0 atom stereocenters. The Morgan fingerprint density at radius 2 is 1.96 bits per heavy atom. The number of nitrogens with one attached hydrogen (secondary N) is 1. The summed E-state index contributed by atoms with van der Waals surface area (Å²) in [5, 5.41) is 6.81. The molecule has 0 bridgehead atoms. The maximum absolute atomic E-state index is 12.6. The minimum Gasteiger partial charge on any atom is -0.305 e. The van der Waals surface area contributed by atoms with Crippen LogP contribution in [-0.2, 0) is 17.1 Å². The fourth-order valence-corrected chi connectivity index (χ4v) is 3.90. The number of carbonyl (C=O) groups excluding carboxylic acids is 1. The third-order valence-corrected chi connectivity index (χ3v) is 5.86. The quantitative estimate of drug-likeness (QED) is 0.845. The van der Waals surface area contributed by atoms with E-state index in [2.05, 4.69) is 10.4 Å². The molecule has 0 unspecified atom stereocenters. The molecule has 1 amide bonds. The summed E-state index contributed by atoms with van der Waals surface area (Å²) < 4.78 is 28.0. The van der Waals surface area contributed by atoms with Crippen LogP contribution >= 0.6 is 11.6 Å². The normalized spacial score (nSPS) is 11.7. The van der Waals surface area contributed by atoms with Crippen molar-refractivity contribution < 1.29 is 13.2 Å². The van der Waals surface area contributed by atoms with E-state index in [4.69, 9.17) is 11.6 Å². The van der Waals surface area contributed by atoms with Gasteiger partial charge in [-0.3, -0.25) is 9.48 Å². The Hall–Kier alpha value is -1.90. The zero-order chi connectivity index (χ0) is 17.9. The lowest BCUT2D eigenvalue weighted by Crippen LogP contribution is -2.30. The molecule has 1 N–H and O–H groups in total. The summed E-state index contributed by atoms with van der Waals surface area (Å²) in [5.74, 6) is -0.161. The number of halogens is 1. The second-order valence-corrected chi connectivity index (χ2v) is 7.40. The van der Waals surface area contributed by atoms with Gasteiger partial charge in [-0.15, -0.1) is 0 Å². The number of aryl methyl sites for hydroxylation is 1. The third-order valence-electron chi connectivity index (χ3n) is 3.48. The molecule has 0 saturated heterocycles. The number of nitrogens with zero attached hydrogens (tertiary/aromatic N) is 3. The summed E-state index contributed by atoms with van der Waals surface area (Å²) in [6, 6.07) is 5.72. The Balaban J connectivity index is 2.36. The van der Waals surface area contributed by atoms with E-state index < -0.39 is 15.9 Å². The Bertz CT molecular complexity index is 844. The number of sulfonamides is 1. The zero-order valence-electron chi connectivity index (χ0n) is 13.7. The first-order valence-corrected chi connectivity index (χ1v) is 9.22. The van der Waals surface area contributed by atoms with Gasteiger partial charge in [-0.05, 0) is 18.2 Å². The first-order valence-electron chi connectivity index (χ1n) is 7.40. The Kier molecular flexibility index (Phi) is 5.63. The van der Waals surface area contributed by atoms with Crippen molar-refractivity contribution in [1.82, 2.24) is 14.1 Å². The first kappa shape index (κ1) is 18.4. The van der Waals surface area contributed by atoms with Gasteiger partial charge in [0.1, 0.15) is 0 Å². The second kappa shape index (κ2) is 7.33. The lowest BCUT2D eigenvalue weighted by molar-refractivity contribution is 0.102. The highest BCUT2D eigenvalue weighted by Crippen LogP contribution is 2.23. The van der Waals surface area contributed by atoms with Crippen molar-refractivity contribution in [3.8, 4) is 0 Å². The minimum atomic E-state index is -3.67. The van der Waals surface area contributed by atoms with Crippen molar-refractivity contribution in [3.63, 3.8) is 0 Å². The van der Waals surface area contributed by atoms with Crippen LogP contribution in [0, 0.1) is 0 Å². The van der Waals surface area contributed by atoms with Crippen molar-refractivity contribution in [2.24, 2.45) is 7.05 Å². The summed E-state index contributed by atoms with van der Waals surface area (Å²) in [6.07, 6.45) is 1.68. The van der Waals surface area contributed by atoms with Crippen molar-refractivity contribution in [2.75, 3.05) is 18.4 Å². The van der Waals surface area contributed by atoms with Crippen molar-refractivity contribution in [3.05, 3.63) is 41.0 Å². The van der Waals surface area contributed by atoms with E-state index in [9.17, 15) is 13.2 Å². The van der Waals surface area contributed by atoms with E-state index in [1.165, 1.54) is 22.5 Å². The van der Waals surface area contributed by atoms with Gasteiger partial charge in [0.25, 0.3) is 5.91 Å². The number of carbonyl (C=O) groups is 1. The molecule has 130 valence electrons. The summed E-state index contributed by atoms with van der Waals surface area (Å²) >= 11 is 6.07. The topological polar surface area (TPSA) is 84.3 Å². The molecule has 0 saturated carbocycles. The van der Waals surface area contributed by atoms with Gasteiger partial charge in [0.05, 0.1) is 15.5 Å². The average molecular weight is 371 g/mol. The highest BCUT2D eigenvalue weighted by molar-refractivity contribution is 7.89. The standard InChI is InChI=1S/C15H19ClN4O3S/c1-4-20(5-2)24(22,23)11-6-7-13(16)12(10-11)15(21)17-14-8-9-19(3)18-14/h6-10H,4-5H2,1-3H3,(H,17,18,21). The van der Waals surface area contributed by atoms with Gasteiger partial charge >= 0.3 is 0 Å². The lowest BCUT2D eigenvalue weighted by Gasteiger charge is -2.19. The largest absolute Gasteiger partial charge is 0.305 e. The van der Waals surface area contributed by atoms with Gasteiger partial charge in [-0.25, -0.2) is 8.42 Å². The molecule has 7 nitrogen and oxygen atoms in total. The number of aromatic nitrogens is 2. The predicted octanol–water partition coefficient (Wildman–Crippen LogP) is 2.36. The van der Waals surface area contributed by atoms with Gasteiger partial charge < -0.3 is 5.32 Å². The van der Waals surface area contributed by atoms with E-state index in [0.717, 1.165) is 0 Å². The van der Waals surface area contributed by atoms with Crippen LogP contribution in [0.3, 0.4) is 0 Å². The van der Waals surface area contributed by atoms with Gasteiger partial charge in [0, 0.05) is 32.4 Å². The fourth-order valence-electron chi connectivity index (χ4n) is 2.22. The zero-order valence-corrected chi connectivity index (χ0v) is 15.2. The van der Waals surface area contributed by atoms with Crippen LogP contribution in [0.15, 0.2) is 35.4 Å². The van der Waals surface area contributed by atoms with E-state index in [0.29, 0.717) is 18.9 Å². The molecule has 0 spiro atoms. The molecule has 9 heteroatoms. The van der Waals surface area contributed by atoms with Crippen molar-refractivity contribution in [2.45, 2.75) is 18.7 Å². The van der Waals surface area contributed by atoms with Crippen LogP contribution in [0.5, 0.6) is 0 Å². The van der Waals surface area contributed by atoms with Gasteiger partial charge in [0.15, 0.2) is 5.82 Å². The molecule has 0 radical (unpaired) electrons. The third kappa shape index (κ3) is 3.77. The van der Waals surface area contributed by atoms with E-state index >= 15 is 0 Å². The Labute approximate surface area is 146 Å². The molecule has 2 aromatic rings. The van der Waals surface area contributed by atoms with Crippen LogP contribution in [0.1, 0.15) is 24.2 Å². The van der Waals surface area contributed by atoms with E-state index in [1.807, 2.05) is 0 Å². The van der Waals surface area contributed by atoms with Crippen LogP contribution in [0.25, 0.3) is 0 Å². The highest BCUT2D eigenvalue weighted by Gasteiger charge is 2.24. The van der Waals surface area contributed by atoms with Crippen LogP contribution < -0.4 is 5.32 Å². The van der Waals surface area contributed by atoms with Crippen LogP contribution in [0.2, 0.25) is 5.02 Å². The number of hydrogen-bond acceptors (Lipinski definition) is 4. The average Bonchev–Trinajstić information content (AvgIpc) is 2.93. The molecule has 1 aromatic heterocycles. The Morgan fingerprint density at radius 3 is 2.50 bits per heavy atom. The van der Waals surface area contributed by atoms with E-state index in [-0.39, 0.29) is 15.5 Å². The maximum Gasteiger partial charge on any atom is 0.258 e. The van der Waals surface area contributed by atoms with Gasteiger partial charge in [-0.1, -0.05) is 25.4 Å². The highest BCUT2D eigenvalue weighted by atomic mass is 35.5. The molecule has 1 heterocycles. The molecule has 0 fully saturated rings. The van der Waals surface area contributed by atoms with Gasteiger partial charge in [-0.2, -0.15) is 9.40 Å². The summed E-state index contributed by atoms with van der Waals surface area (Å²) in [5.41, 5.74) is 0.0792. The van der Waals surface area contributed by atoms with Crippen molar-refractivity contribution >= 4 is 33.3 Å². The molecule has 0 aliphatic carbocycles. The van der Waals surface area contributed by atoms with Crippen molar-refractivity contribution in [1.29, 1.82) is 0 Å².